The molecule has 0 radical (unpaired) electrons. The molecule has 1 unspecified atom stereocenters. The van der Waals surface area contributed by atoms with Crippen molar-refractivity contribution in [1.29, 1.82) is 0 Å². The van der Waals surface area contributed by atoms with Gasteiger partial charge in [-0.25, -0.2) is 0 Å². The molecule has 2 aliphatic rings. The fraction of sp³-hybridized carbons (Fsp3) is 0.611. The molecule has 6 heteroatoms. The Kier molecular flexibility index (Phi) is 4.73. The summed E-state index contributed by atoms with van der Waals surface area (Å²) in [6.45, 7) is 9.98. The van der Waals surface area contributed by atoms with Gasteiger partial charge in [0, 0.05) is 18.2 Å². The predicted molar refractivity (Wildman–Crippen MR) is 95.5 cm³/mol. The molecular weight excluding hydrogens is 303 g/mol. The highest BCUT2D eigenvalue weighted by atomic mass is 16.7. The Morgan fingerprint density at radius 3 is 2.58 bits per heavy atom. The molecular formula is C18H27BN2O3. The first-order valence-electron chi connectivity index (χ1n) is 8.76. The van der Waals surface area contributed by atoms with Crippen molar-refractivity contribution in [2.24, 2.45) is 0 Å². The summed E-state index contributed by atoms with van der Waals surface area (Å²) >= 11 is 0. The summed E-state index contributed by atoms with van der Waals surface area (Å²) in [5, 5.41) is 6.41. The molecule has 0 aromatic heterocycles. The van der Waals surface area contributed by atoms with E-state index in [0.29, 0.717) is 5.56 Å². The van der Waals surface area contributed by atoms with E-state index in [4.69, 9.17) is 9.31 Å². The van der Waals surface area contributed by atoms with Gasteiger partial charge in [0.15, 0.2) is 0 Å². The second-order valence-electron chi connectivity index (χ2n) is 7.73. The first kappa shape index (κ1) is 17.5. The maximum absolute atomic E-state index is 12.5. The Labute approximate surface area is 144 Å². The average molecular weight is 330 g/mol. The van der Waals surface area contributed by atoms with E-state index in [1.54, 1.807) is 0 Å². The molecule has 2 heterocycles. The molecule has 3 rings (SSSR count). The van der Waals surface area contributed by atoms with Crippen LogP contribution >= 0.6 is 0 Å². The third-order valence-corrected chi connectivity index (χ3v) is 5.31. The van der Waals surface area contributed by atoms with Gasteiger partial charge in [-0.2, -0.15) is 0 Å². The molecule has 0 bridgehead atoms. The van der Waals surface area contributed by atoms with E-state index in [1.165, 1.54) is 0 Å². The van der Waals surface area contributed by atoms with Crippen LogP contribution in [-0.4, -0.2) is 43.4 Å². The number of nitrogens with one attached hydrogen (secondary N) is 2. The van der Waals surface area contributed by atoms with E-state index in [1.807, 2.05) is 52.0 Å². The number of benzene rings is 1. The van der Waals surface area contributed by atoms with Crippen LogP contribution in [0.2, 0.25) is 0 Å². The second kappa shape index (κ2) is 6.50. The molecule has 1 atom stereocenters. The van der Waals surface area contributed by atoms with E-state index in [0.717, 1.165) is 31.4 Å². The molecule has 0 spiro atoms. The smallest absolute Gasteiger partial charge is 0.399 e. The Morgan fingerprint density at radius 1 is 1.25 bits per heavy atom. The molecule has 0 saturated carbocycles. The van der Waals surface area contributed by atoms with E-state index >= 15 is 0 Å². The number of rotatable bonds is 3. The van der Waals surface area contributed by atoms with Gasteiger partial charge in [0.1, 0.15) is 0 Å². The van der Waals surface area contributed by atoms with Crippen molar-refractivity contribution >= 4 is 18.5 Å². The summed E-state index contributed by atoms with van der Waals surface area (Å²) < 4.78 is 12.1. The van der Waals surface area contributed by atoms with Crippen molar-refractivity contribution in [3.63, 3.8) is 0 Å². The normalized spacial score (nSPS) is 25.5. The minimum Gasteiger partial charge on any atom is -0.399 e. The predicted octanol–water partition coefficient (Wildman–Crippen LogP) is 1.47. The van der Waals surface area contributed by atoms with Crippen LogP contribution in [0.1, 0.15) is 50.9 Å². The first-order chi connectivity index (χ1) is 11.3. The van der Waals surface area contributed by atoms with Gasteiger partial charge in [-0.15, -0.1) is 0 Å². The number of carbonyl (C=O) groups is 1. The third-order valence-electron chi connectivity index (χ3n) is 5.31. The number of piperidine rings is 1. The Morgan fingerprint density at radius 2 is 1.96 bits per heavy atom. The molecule has 1 aromatic carbocycles. The Balaban J connectivity index is 1.71. The summed E-state index contributed by atoms with van der Waals surface area (Å²) in [6, 6.07) is 7.73. The highest BCUT2D eigenvalue weighted by Crippen LogP contribution is 2.36. The van der Waals surface area contributed by atoms with Crippen LogP contribution in [-0.2, 0) is 9.31 Å². The zero-order valence-corrected chi connectivity index (χ0v) is 15.0. The van der Waals surface area contributed by atoms with E-state index in [9.17, 15) is 4.79 Å². The van der Waals surface area contributed by atoms with Crippen LogP contribution in [0.25, 0.3) is 0 Å². The van der Waals surface area contributed by atoms with Crippen molar-refractivity contribution in [2.45, 2.75) is 57.8 Å². The van der Waals surface area contributed by atoms with Crippen molar-refractivity contribution in [3.05, 3.63) is 29.8 Å². The van der Waals surface area contributed by atoms with Gasteiger partial charge in [0.2, 0.25) is 0 Å². The molecule has 1 amide bonds. The molecule has 2 N–H and O–H groups in total. The number of hydrogen-bond donors (Lipinski definition) is 2. The lowest BCUT2D eigenvalue weighted by molar-refractivity contribution is 0.00578. The standard InChI is InChI=1S/C18H27BN2O3/c1-17(2)18(3,4)24-19(23-17)14-8-5-7-13(11-14)16(22)21-15-9-6-10-20-12-15/h5,7-8,11,15,20H,6,9-10,12H2,1-4H3,(H,21,22). The van der Waals surface area contributed by atoms with Gasteiger partial charge in [-0.1, -0.05) is 12.1 Å². The van der Waals surface area contributed by atoms with Gasteiger partial charge in [-0.05, 0) is 64.7 Å². The van der Waals surface area contributed by atoms with Crippen LogP contribution in [0.4, 0.5) is 0 Å². The molecule has 2 fully saturated rings. The summed E-state index contributed by atoms with van der Waals surface area (Å²) in [5.74, 6) is -0.0398. The fourth-order valence-electron chi connectivity index (χ4n) is 3.05. The SMILES string of the molecule is CC1(C)OB(c2cccc(C(=O)NC3CCCNC3)c2)OC1(C)C. The molecule has 5 nitrogen and oxygen atoms in total. The molecule has 2 aliphatic heterocycles. The topological polar surface area (TPSA) is 59.6 Å². The fourth-order valence-corrected chi connectivity index (χ4v) is 3.05. The average Bonchev–Trinajstić information content (AvgIpc) is 2.76. The van der Waals surface area contributed by atoms with Crippen LogP contribution in [0, 0.1) is 0 Å². The van der Waals surface area contributed by atoms with Crippen LogP contribution in [0.5, 0.6) is 0 Å². The summed E-state index contributed by atoms with van der Waals surface area (Å²) in [5.41, 5.74) is 0.753. The highest BCUT2D eigenvalue weighted by Gasteiger charge is 2.51. The van der Waals surface area contributed by atoms with Crippen molar-refractivity contribution in [2.75, 3.05) is 13.1 Å². The maximum Gasteiger partial charge on any atom is 0.494 e. The number of carbonyl (C=O) groups excluding carboxylic acids is 1. The number of hydrogen-bond acceptors (Lipinski definition) is 4. The van der Waals surface area contributed by atoms with Crippen LogP contribution in [0.15, 0.2) is 24.3 Å². The van der Waals surface area contributed by atoms with Gasteiger partial charge < -0.3 is 19.9 Å². The first-order valence-corrected chi connectivity index (χ1v) is 8.76. The Bertz CT molecular complexity index is 596. The largest absolute Gasteiger partial charge is 0.494 e. The van der Waals surface area contributed by atoms with Crippen LogP contribution < -0.4 is 16.1 Å². The molecule has 0 aliphatic carbocycles. The zero-order valence-electron chi connectivity index (χ0n) is 15.0. The van der Waals surface area contributed by atoms with Gasteiger partial charge in [0.05, 0.1) is 11.2 Å². The Hall–Kier alpha value is -1.37. The zero-order chi connectivity index (χ0) is 17.4. The molecule has 24 heavy (non-hydrogen) atoms. The lowest BCUT2D eigenvalue weighted by Crippen LogP contribution is -2.45. The summed E-state index contributed by atoms with van der Waals surface area (Å²) in [6.07, 6.45) is 2.12. The highest BCUT2D eigenvalue weighted by molar-refractivity contribution is 6.62. The van der Waals surface area contributed by atoms with E-state index in [-0.39, 0.29) is 23.2 Å². The minimum atomic E-state index is -0.445. The monoisotopic (exact) mass is 330 g/mol. The summed E-state index contributed by atoms with van der Waals surface area (Å²) in [7, 11) is -0.445. The minimum absolute atomic E-state index is 0.0398. The van der Waals surface area contributed by atoms with Gasteiger partial charge in [-0.3, -0.25) is 4.79 Å². The maximum atomic E-state index is 12.5. The second-order valence-corrected chi connectivity index (χ2v) is 7.73. The summed E-state index contributed by atoms with van der Waals surface area (Å²) in [4.78, 5) is 12.5. The lowest BCUT2D eigenvalue weighted by atomic mass is 9.78. The molecule has 1 aromatic rings. The van der Waals surface area contributed by atoms with Crippen molar-refractivity contribution < 1.29 is 14.1 Å². The van der Waals surface area contributed by atoms with E-state index in [2.05, 4.69) is 10.6 Å². The van der Waals surface area contributed by atoms with Crippen LogP contribution in [0.3, 0.4) is 0 Å². The number of amides is 1. The van der Waals surface area contributed by atoms with Gasteiger partial charge >= 0.3 is 7.12 Å². The third kappa shape index (κ3) is 3.51. The van der Waals surface area contributed by atoms with Crippen molar-refractivity contribution in [1.82, 2.24) is 10.6 Å². The molecule has 130 valence electrons. The van der Waals surface area contributed by atoms with E-state index < -0.39 is 7.12 Å². The van der Waals surface area contributed by atoms with Crippen molar-refractivity contribution in [3.8, 4) is 0 Å². The lowest BCUT2D eigenvalue weighted by Gasteiger charge is -2.32. The van der Waals surface area contributed by atoms with Gasteiger partial charge in [0.25, 0.3) is 5.91 Å². The molecule has 2 saturated heterocycles. The quantitative estimate of drug-likeness (QED) is 0.824.